The van der Waals surface area contributed by atoms with Crippen LogP contribution in [0.4, 0.5) is 0 Å². The number of nitrogens with one attached hydrogen (secondary N) is 2. The molecule has 1 atom stereocenters. The standard InChI is InChI=1S/C11H20N2O3S/c1-11(2,3)10(5-7-14)13-17(15,16)9-4-6-12-8-9/h4,6,8,10,12-14H,5,7H2,1-3H3. The van der Waals surface area contributed by atoms with Crippen molar-refractivity contribution in [3.05, 3.63) is 18.5 Å². The van der Waals surface area contributed by atoms with E-state index in [1.165, 1.54) is 12.3 Å². The first-order valence-electron chi connectivity index (χ1n) is 5.53. The van der Waals surface area contributed by atoms with Gasteiger partial charge in [-0.1, -0.05) is 20.8 Å². The molecule has 0 fully saturated rings. The van der Waals surface area contributed by atoms with Gasteiger partial charge in [0.15, 0.2) is 0 Å². The Morgan fingerprint density at radius 1 is 1.47 bits per heavy atom. The molecule has 0 radical (unpaired) electrons. The summed E-state index contributed by atoms with van der Waals surface area (Å²) in [6, 6.07) is 1.20. The molecule has 3 N–H and O–H groups in total. The lowest BCUT2D eigenvalue weighted by molar-refractivity contribution is 0.214. The highest BCUT2D eigenvalue weighted by molar-refractivity contribution is 7.89. The Balaban J connectivity index is 2.88. The van der Waals surface area contributed by atoms with Crippen LogP contribution in [0.5, 0.6) is 0 Å². The maximum Gasteiger partial charge on any atom is 0.242 e. The molecule has 1 unspecified atom stereocenters. The molecule has 0 aliphatic heterocycles. The maximum absolute atomic E-state index is 12.0. The molecule has 1 rings (SSSR count). The fraction of sp³-hybridized carbons (Fsp3) is 0.636. The Bertz CT molecular complexity index is 432. The van der Waals surface area contributed by atoms with E-state index in [4.69, 9.17) is 5.11 Å². The molecule has 17 heavy (non-hydrogen) atoms. The van der Waals surface area contributed by atoms with Gasteiger partial charge in [0.2, 0.25) is 10.0 Å². The first-order valence-corrected chi connectivity index (χ1v) is 7.01. The summed E-state index contributed by atoms with van der Waals surface area (Å²) in [5, 5.41) is 8.99. The zero-order valence-electron chi connectivity index (χ0n) is 10.4. The van der Waals surface area contributed by atoms with Gasteiger partial charge in [-0.2, -0.15) is 0 Å². The molecule has 0 spiro atoms. The summed E-state index contributed by atoms with van der Waals surface area (Å²) in [6.07, 6.45) is 3.39. The van der Waals surface area contributed by atoms with E-state index in [1.54, 1.807) is 6.20 Å². The minimum atomic E-state index is -3.51. The van der Waals surface area contributed by atoms with Gasteiger partial charge in [-0.3, -0.25) is 0 Å². The van der Waals surface area contributed by atoms with E-state index in [0.29, 0.717) is 6.42 Å². The number of hydrogen-bond donors (Lipinski definition) is 3. The molecule has 0 aromatic carbocycles. The molecule has 1 aromatic heterocycles. The zero-order chi connectivity index (χ0) is 13.1. The van der Waals surface area contributed by atoms with Crippen LogP contribution in [0.25, 0.3) is 0 Å². The summed E-state index contributed by atoms with van der Waals surface area (Å²) < 4.78 is 26.7. The third-order valence-electron chi connectivity index (χ3n) is 2.64. The van der Waals surface area contributed by atoms with Crippen LogP contribution in [0.3, 0.4) is 0 Å². The fourth-order valence-electron chi connectivity index (χ4n) is 1.53. The minimum absolute atomic E-state index is 0.0441. The van der Waals surface area contributed by atoms with Crippen molar-refractivity contribution in [2.24, 2.45) is 5.41 Å². The molecule has 0 saturated carbocycles. The molecule has 0 aliphatic carbocycles. The van der Waals surface area contributed by atoms with Crippen molar-refractivity contribution < 1.29 is 13.5 Å². The van der Waals surface area contributed by atoms with Crippen molar-refractivity contribution in [3.63, 3.8) is 0 Å². The second-order valence-corrected chi connectivity index (χ2v) is 6.81. The first kappa shape index (κ1) is 14.2. The van der Waals surface area contributed by atoms with Crippen molar-refractivity contribution in [2.45, 2.75) is 38.1 Å². The van der Waals surface area contributed by atoms with E-state index >= 15 is 0 Å². The number of aromatic amines is 1. The average Bonchev–Trinajstić information content (AvgIpc) is 2.68. The molecule has 0 aliphatic rings. The summed E-state index contributed by atoms with van der Waals surface area (Å²) in [5.74, 6) is 0. The van der Waals surface area contributed by atoms with E-state index in [1.807, 2.05) is 20.8 Å². The number of aliphatic hydroxyl groups excluding tert-OH is 1. The molecule has 5 nitrogen and oxygen atoms in total. The van der Waals surface area contributed by atoms with Crippen LogP contribution in [-0.2, 0) is 10.0 Å². The van der Waals surface area contributed by atoms with E-state index in [-0.39, 0.29) is 23.0 Å². The second kappa shape index (κ2) is 5.20. The molecule has 1 aromatic rings. The van der Waals surface area contributed by atoms with Crippen LogP contribution >= 0.6 is 0 Å². The minimum Gasteiger partial charge on any atom is -0.396 e. The Hall–Kier alpha value is -0.850. The lowest BCUT2D eigenvalue weighted by Gasteiger charge is -2.30. The Morgan fingerprint density at radius 2 is 2.12 bits per heavy atom. The van der Waals surface area contributed by atoms with Crippen molar-refractivity contribution in [3.8, 4) is 0 Å². The summed E-state index contributed by atoms with van der Waals surface area (Å²) in [7, 11) is -3.51. The smallest absolute Gasteiger partial charge is 0.242 e. The Morgan fingerprint density at radius 3 is 2.53 bits per heavy atom. The first-order chi connectivity index (χ1) is 7.77. The van der Waals surface area contributed by atoms with Gasteiger partial charge in [0, 0.05) is 25.0 Å². The largest absolute Gasteiger partial charge is 0.396 e. The van der Waals surface area contributed by atoms with Gasteiger partial charge >= 0.3 is 0 Å². The van der Waals surface area contributed by atoms with Gasteiger partial charge in [-0.15, -0.1) is 0 Å². The Labute approximate surface area is 102 Å². The van der Waals surface area contributed by atoms with Crippen LogP contribution in [0.1, 0.15) is 27.2 Å². The molecular weight excluding hydrogens is 240 g/mol. The van der Waals surface area contributed by atoms with Gasteiger partial charge in [0.1, 0.15) is 0 Å². The van der Waals surface area contributed by atoms with E-state index < -0.39 is 10.0 Å². The van der Waals surface area contributed by atoms with Crippen LogP contribution < -0.4 is 4.72 Å². The quantitative estimate of drug-likeness (QED) is 0.741. The van der Waals surface area contributed by atoms with Gasteiger partial charge in [0.05, 0.1) is 4.90 Å². The lowest BCUT2D eigenvalue weighted by atomic mass is 9.86. The predicted molar refractivity (Wildman–Crippen MR) is 66.1 cm³/mol. The molecule has 1 heterocycles. The topological polar surface area (TPSA) is 82.2 Å². The monoisotopic (exact) mass is 260 g/mol. The fourth-order valence-corrected chi connectivity index (χ4v) is 2.98. The normalized spacial score (nSPS) is 14.8. The molecule has 0 bridgehead atoms. The van der Waals surface area contributed by atoms with Crippen LogP contribution in [0.15, 0.2) is 23.4 Å². The van der Waals surface area contributed by atoms with E-state index in [0.717, 1.165) is 0 Å². The summed E-state index contributed by atoms with van der Waals surface area (Å²) in [4.78, 5) is 2.92. The van der Waals surface area contributed by atoms with Crippen LogP contribution in [0, 0.1) is 5.41 Å². The number of H-pyrrole nitrogens is 1. The molecule has 0 saturated heterocycles. The highest BCUT2D eigenvalue weighted by Gasteiger charge is 2.29. The summed E-state index contributed by atoms with van der Waals surface area (Å²) in [6.45, 7) is 5.77. The van der Waals surface area contributed by atoms with Crippen molar-refractivity contribution in [1.29, 1.82) is 0 Å². The van der Waals surface area contributed by atoms with E-state index in [2.05, 4.69) is 9.71 Å². The molecule has 0 amide bonds. The highest BCUT2D eigenvalue weighted by atomic mass is 32.2. The third kappa shape index (κ3) is 3.83. The number of rotatable bonds is 5. The van der Waals surface area contributed by atoms with Gasteiger partial charge in [0.25, 0.3) is 0 Å². The van der Waals surface area contributed by atoms with Crippen LogP contribution in [0.2, 0.25) is 0 Å². The second-order valence-electron chi connectivity index (χ2n) is 5.10. The SMILES string of the molecule is CC(C)(C)C(CCO)NS(=O)(=O)c1cc[nH]c1. The van der Waals surface area contributed by atoms with Gasteiger partial charge < -0.3 is 10.1 Å². The number of aromatic nitrogens is 1. The molecule has 6 heteroatoms. The molecular formula is C11H20N2O3S. The third-order valence-corrected chi connectivity index (χ3v) is 4.11. The zero-order valence-corrected chi connectivity index (χ0v) is 11.2. The van der Waals surface area contributed by atoms with Gasteiger partial charge in [-0.05, 0) is 17.9 Å². The molecule has 98 valence electrons. The number of hydrogen-bond acceptors (Lipinski definition) is 3. The van der Waals surface area contributed by atoms with Crippen molar-refractivity contribution >= 4 is 10.0 Å². The lowest BCUT2D eigenvalue weighted by Crippen LogP contribution is -2.44. The average molecular weight is 260 g/mol. The maximum atomic E-state index is 12.0. The summed E-state index contributed by atoms with van der Waals surface area (Å²) >= 11 is 0. The van der Waals surface area contributed by atoms with E-state index in [9.17, 15) is 8.42 Å². The summed E-state index contributed by atoms with van der Waals surface area (Å²) in [5.41, 5.74) is -0.244. The number of aliphatic hydroxyl groups is 1. The van der Waals surface area contributed by atoms with Crippen molar-refractivity contribution in [2.75, 3.05) is 6.61 Å². The Kier molecular flexibility index (Phi) is 4.35. The number of sulfonamides is 1. The predicted octanol–water partition coefficient (Wildman–Crippen LogP) is 1.09. The highest BCUT2D eigenvalue weighted by Crippen LogP contribution is 2.23. The van der Waals surface area contributed by atoms with Gasteiger partial charge in [-0.25, -0.2) is 13.1 Å². The van der Waals surface area contributed by atoms with Crippen molar-refractivity contribution in [1.82, 2.24) is 9.71 Å². The van der Waals surface area contributed by atoms with Crippen LogP contribution in [-0.4, -0.2) is 31.2 Å².